The van der Waals surface area contributed by atoms with Crippen LogP contribution in [-0.2, 0) is 4.79 Å². The lowest BCUT2D eigenvalue weighted by atomic mass is 9.86. The van der Waals surface area contributed by atoms with Crippen molar-refractivity contribution in [1.29, 1.82) is 0 Å². The zero-order chi connectivity index (χ0) is 13.0. The van der Waals surface area contributed by atoms with E-state index in [4.69, 9.17) is 5.11 Å². The highest BCUT2D eigenvalue weighted by Crippen LogP contribution is 2.24. The normalized spacial score (nSPS) is 24.5. The van der Waals surface area contributed by atoms with Crippen molar-refractivity contribution in [3.05, 3.63) is 0 Å². The van der Waals surface area contributed by atoms with Crippen molar-refractivity contribution in [2.75, 3.05) is 7.05 Å². The molecule has 2 N–H and O–H groups in total. The Morgan fingerprint density at radius 2 is 2.00 bits per heavy atom. The van der Waals surface area contributed by atoms with Crippen molar-refractivity contribution in [3.8, 4) is 0 Å². The smallest absolute Gasteiger partial charge is 0.317 e. The van der Waals surface area contributed by atoms with Crippen LogP contribution in [0.1, 0.15) is 39.5 Å². The van der Waals surface area contributed by atoms with Crippen molar-refractivity contribution in [3.63, 3.8) is 0 Å². The summed E-state index contributed by atoms with van der Waals surface area (Å²) in [4.78, 5) is 24.3. The number of hydrogen-bond acceptors (Lipinski definition) is 2. The molecule has 0 aromatic rings. The summed E-state index contributed by atoms with van der Waals surface area (Å²) in [5.41, 5.74) is 0. The highest BCUT2D eigenvalue weighted by atomic mass is 16.4. The van der Waals surface area contributed by atoms with E-state index in [0.29, 0.717) is 6.42 Å². The number of carboxylic acids is 1. The van der Waals surface area contributed by atoms with E-state index in [1.807, 2.05) is 13.8 Å². The Bertz CT molecular complexity index is 291. The number of carbonyl (C=O) groups is 2. The summed E-state index contributed by atoms with van der Waals surface area (Å²) in [6.07, 6.45) is 3.02. The summed E-state index contributed by atoms with van der Waals surface area (Å²) in [6.45, 7) is 3.89. The molecule has 17 heavy (non-hydrogen) atoms. The molecule has 0 saturated heterocycles. The number of aliphatic carboxylic acids is 1. The van der Waals surface area contributed by atoms with E-state index in [2.05, 4.69) is 5.32 Å². The third kappa shape index (κ3) is 3.91. The van der Waals surface area contributed by atoms with Gasteiger partial charge in [-0.3, -0.25) is 4.79 Å². The molecular weight excluding hydrogens is 220 g/mol. The molecule has 2 atom stereocenters. The van der Waals surface area contributed by atoms with Crippen molar-refractivity contribution in [2.45, 2.75) is 51.6 Å². The molecule has 5 nitrogen and oxygen atoms in total. The Kier molecular flexibility index (Phi) is 4.78. The third-order valence-electron chi connectivity index (χ3n) is 3.45. The first-order valence-electron chi connectivity index (χ1n) is 6.18. The van der Waals surface area contributed by atoms with Crippen LogP contribution < -0.4 is 5.32 Å². The maximum Gasteiger partial charge on any atom is 0.317 e. The number of carbonyl (C=O) groups excluding carboxylic acids is 1. The maximum atomic E-state index is 11.8. The number of urea groups is 1. The monoisotopic (exact) mass is 242 g/mol. The number of amides is 2. The van der Waals surface area contributed by atoms with Crippen LogP contribution in [0.4, 0.5) is 4.79 Å². The molecule has 1 aliphatic rings. The average molecular weight is 242 g/mol. The van der Waals surface area contributed by atoms with Gasteiger partial charge in [0.05, 0.1) is 5.92 Å². The van der Waals surface area contributed by atoms with E-state index in [1.165, 1.54) is 0 Å². The summed E-state index contributed by atoms with van der Waals surface area (Å²) >= 11 is 0. The van der Waals surface area contributed by atoms with Gasteiger partial charge < -0.3 is 15.3 Å². The lowest BCUT2D eigenvalue weighted by Gasteiger charge is -2.30. The SMILES string of the molecule is CC(C)N(C)C(=O)NC1CCCC(C(=O)O)C1. The van der Waals surface area contributed by atoms with Crippen molar-refractivity contribution in [1.82, 2.24) is 10.2 Å². The molecule has 2 amide bonds. The average Bonchev–Trinajstić information content (AvgIpc) is 2.28. The highest BCUT2D eigenvalue weighted by molar-refractivity contribution is 5.75. The quantitative estimate of drug-likeness (QED) is 0.791. The second-order valence-corrected chi connectivity index (χ2v) is 5.05. The lowest BCUT2D eigenvalue weighted by Crippen LogP contribution is -2.47. The predicted octanol–water partition coefficient (Wildman–Crippen LogP) is 1.68. The molecule has 0 aromatic heterocycles. The van der Waals surface area contributed by atoms with Crippen molar-refractivity contribution >= 4 is 12.0 Å². The fraction of sp³-hybridized carbons (Fsp3) is 0.833. The second kappa shape index (κ2) is 5.89. The molecule has 1 aliphatic carbocycles. The fourth-order valence-electron chi connectivity index (χ4n) is 2.06. The molecule has 0 aliphatic heterocycles. The first-order chi connectivity index (χ1) is 7.91. The maximum absolute atomic E-state index is 11.8. The minimum absolute atomic E-state index is 0.00134. The molecule has 0 radical (unpaired) electrons. The number of nitrogens with one attached hydrogen (secondary N) is 1. The zero-order valence-electron chi connectivity index (χ0n) is 10.8. The van der Waals surface area contributed by atoms with E-state index < -0.39 is 5.97 Å². The van der Waals surface area contributed by atoms with Gasteiger partial charge in [-0.2, -0.15) is 0 Å². The summed E-state index contributed by atoms with van der Waals surface area (Å²) < 4.78 is 0. The molecule has 0 heterocycles. The molecule has 2 unspecified atom stereocenters. The topological polar surface area (TPSA) is 69.6 Å². The number of nitrogens with zero attached hydrogens (tertiary/aromatic N) is 1. The Morgan fingerprint density at radius 1 is 1.35 bits per heavy atom. The van der Waals surface area contributed by atoms with Gasteiger partial charge in [-0.1, -0.05) is 6.42 Å². The van der Waals surface area contributed by atoms with Crippen LogP contribution in [-0.4, -0.2) is 41.1 Å². The molecule has 0 aromatic carbocycles. The van der Waals surface area contributed by atoms with Crippen LogP contribution in [0.25, 0.3) is 0 Å². The van der Waals surface area contributed by atoms with Gasteiger partial charge in [0.2, 0.25) is 0 Å². The van der Waals surface area contributed by atoms with E-state index >= 15 is 0 Å². The van der Waals surface area contributed by atoms with Gasteiger partial charge in [0.15, 0.2) is 0 Å². The summed E-state index contributed by atoms with van der Waals surface area (Å²) in [5.74, 6) is -1.06. The van der Waals surface area contributed by atoms with E-state index in [-0.39, 0.29) is 24.0 Å². The Balaban J connectivity index is 2.46. The fourth-order valence-corrected chi connectivity index (χ4v) is 2.06. The van der Waals surface area contributed by atoms with Crippen LogP contribution in [0.2, 0.25) is 0 Å². The molecular formula is C12H22N2O3. The standard InChI is InChI=1S/C12H22N2O3/c1-8(2)14(3)12(17)13-10-6-4-5-9(7-10)11(15)16/h8-10H,4-7H2,1-3H3,(H,13,17)(H,15,16). The van der Waals surface area contributed by atoms with E-state index in [9.17, 15) is 9.59 Å². The van der Waals surface area contributed by atoms with Gasteiger partial charge >= 0.3 is 12.0 Å². The van der Waals surface area contributed by atoms with Gasteiger partial charge in [-0.15, -0.1) is 0 Å². The molecule has 1 fully saturated rings. The van der Waals surface area contributed by atoms with Gasteiger partial charge in [0.1, 0.15) is 0 Å². The largest absolute Gasteiger partial charge is 0.481 e. The summed E-state index contributed by atoms with van der Waals surface area (Å²) in [6, 6.07) is 0.0310. The van der Waals surface area contributed by atoms with Crippen LogP contribution in [0.15, 0.2) is 0 Å². The predicted molar refractivity (Wildman–Crippen MR) is 64.8 cm³/mol. The molecule has 1 rings (SSSR count). The molecule has 1 saturated carbocycles. The van der Waals surface area contributed by atoms with Gasteiger partial charge in [-0.05, 0) is 33.1 Å². The summed E-state index contributed by atoms with van der Waals surface area (Å²) in [7, 11) is 1.75. The van der Waals surface area contributed by atoms with Crippen molar-refractivity contribution in [2.24, 2.45) is 5.92 Å². The van der Waals surface area contributed by atoms with Gasteiger partial charge in [-0.25, -0.2) is 4.79 Å². The number of rotatable bonds is 3. The zero-order valence-corrected chi connectivity index (χ0v) is 10.8. The van der Waals surface area contributed by atoms with Gasteiger partial charge in [0.25, 0.3) is 0 Å². The van der Waals surface area contributed by atoms with E-state index in [0.717, 1.165) is 19.3 Å². The van der Waals surface area contributed by atoms with E-state index in [1.54, 1.807) is 11.9 Å². The minimum atomic E-state index is -0.749. The third-order valence-corrected chi connectivity index (χ3v) is 3.45. The van der Waals surface area contributed by atoms with Crippen molar-refractivity contribution < 1.29 is 14.7 Å². The highest BCUT2D eigenvalue weighted by Gasteiger charge is 2.28. The van der Waals surface area contributed by atoms with Crippen LogP contribution in [0.5, 0.6) is 0 Å². The Morgan fingerprint density at radius 3 is 2.53 bits per heavy atom. The minimum Gasteiger partial charge on any atom is -0.481 e. The first-order valence-corrected chi connectivity index (χ1v) is 6.18. The van der Waals surface area contributed by atoms with Crippen LogP contribution in [0.3, 0.4) is 0 Å². The summed E-state index contributed by atoms with van der Waals surface area (Å²) in [5, 5.41) is 11.9. The second-order valence-electron chi connectivity index (χ2n) is 5.05. The first kappa shape index (κ1) is 13.8. The number of hydrogen-bond donors (Lipinski definition) is 2. The molecule has 0 bridgehead atoms. The van der Waals surface area contributed by atoms with Gasteiger partial charge in [0, 0.05) is 19.1 Å². The Labute approximate surface area is 102 Å². The van der Waals surface area contributed by atoms with Crippen LogP contribution in [0, 0.1) is 5.92 Å². The molecule has 98 valence electrons. The van der Waals surface area contributed by atoms with Crippen LogP contribution >= 0.6 is 0 Å². The molecule has 5 heteroatoms. The number of carboxylic acid groups (broad SMARTS) is 1. The lowest BCUT2D eigenvalue weighted by molar-refractivity contribution is -0.143. The molecule has 0 spiro atoms. The Hall–Kier alpha value is -1.26.